The Kier molecular flexibility index (Phi) is 3.07. The number of β-amino-alcohol motifs (C(OH)–C–C–N with tert-alkyl or cyclic N) is 1. The molecule has 0 saturated carbocycles. The monoisotopic (exact) mass is 220 g/mol. The maximum atomic E-state index is 13.7. The first-order chi connectivity index (χ1) is 7.70. The average Bonchev–Trinajstić information content (AvgIpc) is 2.28. The van der Waals surface area contributed by atoms with Crippen molar-refractivity contribution in [3.05, 3.63) is 29.6 Å². The van der Waals surface area contributed by atoms with Gasteiger partial charge in [0.1, 0.15) is 5.82 Å². The SMILES string of the molecule is N#Cc1ccc(N2CCC[C@@H](O)C2)c(F)c1. The van der Waals surface area contributed by atoms with Crippen LogP contribution in [0.1, 0.15) is 18.4 Å². The van der Waals surface area contributed by atoms with E-state index in [4.69, 9.17) is 5.26 Å². The molecule has 4 heteroatoms. The van der Waals surface area contributed by atoms with Crippen molar-refractivity contribution >= 4 is 5.69 Å². The zero-order chi connectivity index (χ0) is 11.5. The van der Waals surface area contributed by atoms with Gasteiger partial charge in [-0.1, -0.05) is 0 Å². The van der Waals surface area contributed by atoms with E-state index >= 15 is 0 Å². The zero-order valence-electron chi connectivity index (χ0n) is 8.86. The molecule has 0 bridgehead atoms. The zero-order valence-corrected chi connectivity index (χ0v) is 8.86. The summed E-state index contributed by atoms with van der Waals surface area (Å²) in [5.41, 5.74) is 0.788. The van der Waals surface area contributed by atoms with Gasteiger partial charge in [0.25, 0.3) is 0 Å². The molecule has 1 aromatic rings. The lowest BCUT2D eigenvalue weighted by atomic mass is 10.1. The Morgan fingerprint density at radius 2 is 2.31 bits per heavy atom. The van der Waals surface area contributed by atoms with Crippen molar-refractivity contribution in [2.45, 2.75) is 18.9 Å². The van der Waals surface area contributed by atoms with Crippen molar-refractivity contribution in [1.29, 1.82) is 5.26 Å². The predicted octanol–water partition coefficient (Wildman–Crippen LogP) is 1.66. The van der Waals surface area contributed by atoms with E-state index in [-0.39, 0.29) is 6.10 Å². The summed E-state index contributed by atoms with van der Waals surface area (Å²) in [6.07, 6.45) is 1.25. The summed E-state index contributed by atoms with van der Waals surface area (Å²) >= 11 is 0. The van der Waals surface area contributed by atoms with Crippen molar-refractivity contribution in [1.82, 2.24) is 0 Å². The minimum atomic E-state index is -0.395. The maximum absolute atomic E-state index is 13.7. The summed E-state index contributed by atoms with van der Waals surface area (Å²) in [4.78, 5) is 1.82. The summed E-state index contributed by atoms with van der Waals surface area (Å²) < 4.78 is 13.7. The van der Waals surface area contributed by atoms with Crippen LogP contribution in [0.25, 0.3) is 0 Å². The van der Waals surface area contributed by atoms with E-state index in [0.29, 0.717) is 17.8 Å². The smallest absolute Gasteiger partial charge is 0.147 e. The third-order valence-electron chi connectivity index (χ3n) is 2.81. The molecule has 1 aliphatic rings. The number of aliphatic hydroxyl groups is 1. The number of piperidine rings is 1. The van der Waals surface area contributed by atoms with E-state index in [0.717, 1.165) is 19.4 Å². The van der Waals surface area contributed by atoms with E-state index in [1.807, 2.05) is 11.0 Å². The second-order valence-corrected chi connectivity index (χ2v) is 4.02. The van der Waals surface area contributed by atoms with Crippen LogP contribution in [0.15, 0.2) is 18.2 Å². The summed E-state index contributed by atoms with van der Waals surface area (Å²) in [5.74, 6) is -0.395. The molecule has 1 saturated heterocycles. The second-order valence-electron chi connectivity index (χ2n) is 4.02. The van der Waals surface area contributed by atoms with Crippen molar-refractivity contribution < 1.29 is 9.50 Å². The van der Waals surface area contributed by atoms with Crippen LogP contribution in [0.2, 0.25) is 0 Å². The molecular formula is C12H13FN2O. The van der Waals surface area contributed by atoms with Gasteiger partial charge in [0.15, 0.2) is 0 Å². The molecule has 0 aliphatic carbocycles. The Hall–Kier alpha value is -1.60. The van der Waals surface area contributed by atoms with Gasteiger partial charge in [-0.05, 0) is 31.0 Å². The van der Waals surface area contributed by atoms with Crippen molar-refractivity contribution in [3.8, 4) is 6.07 Å². The standard InChI is InChI=1S/C12H13FN2O/c13-11-6-9(7-14)3-4-12(11)15-5-1-2-10(16)8-15/h3-4,6,10,16H,1-2,5,8H2/t10-/m1/s1. The number of halogens is 1. The Morgan fingerprint density at radius 1 is 1.50 bits per heavy atom. The van der Waals surface area contributed by atoms with Crippen LogP contribution in [0.3, 0.4) is 0 Å². The third-order valence-corrected chi connectivity index (χ3v) is 2.81. The number of nitriles is 1. The van der Waals surface area contributed by atoms with Gasteiger partial charge in [0.2, 0.25) is 0 Å². The van der Waals surface area contributed by atoms with Crippen LogP contribution in [0, 0.1) is 17.1 Å². The van der Waals surface area contributed by atoms with Gasteiger partial charge < -0.3 is 10.0 Å². The lowest BCUT2D eigenvalue weighted by Crippen LogP contribution is -2.38. The predicted molar refractivity (Wildman–Crippen MR) is 58.6 cm³/mol. The number of anilines is 1. The number of hydrogen-bond donors (Lipinski definition) is 1. The first kappa shape index (κ1) is 10.9. The van der Waals surface area contributed by atoms with Crippen LogP contribution in [0.4, 0.5) is 10.1 Å². The highest BCUT2D eigenvalue weighted by atomic mass is 19.1. The van der Waals surface area contributed by atoms with Gasteiger partial charge in [-0.25, -0.2) is 4.39 Å². The molecule has 2 rings (SSSR count). The van der Waals surface area contributed by atoms with Crippen molar-refractivity contribution in [2.24, 2.45) is 0 Å². The molecule has 84 valence electrons. The molecule has 1 N–H and O–H groups in total. The van der Waals surface area contributed by atoms with Crippen LogP contribution in [-0.4, -0.2) is 24.3 Å². The molecule has 1 heterocycles. The highest BCUT2D eigenvalue weighted by molar-refractivity contribution is 5.51. The normalized spacial score (nSPS) is 20.6. The van der Waals surface area contributed by atoms with Crippen LogP contribution in [0.5, 0.6) is 0 Å². The maximum Gasteiger partial charge on any atom is 0.147 e. The van der Waals surface area contributed by atoms with E-state index in [2.05, 4.69) is 0 Å². The molecular weight excluding hydrogens is 207 g/mol. The second kappa shape index (κ2) is 4.50. The van der Waals surface area contributed by atoms with E-state index in [1.165, 1.54) is 6.07 Å². The van der Waals surface area contributed by atoms with E-state index in [9.17, 15) is 9.50 Å². The number of hydrogen-bond acceptors (Lipinski definition) is 3. The molecule has 16 heavy (non-hydrogen) atoms. The minimum absolute atomic E-state index is 0.318. The molecule has 3 nitrogen and oxygen atoms in total. The Balaban J connectivity index is 2.23. The van der Waals surface area contributed by atoms with Crippen molar-refractivity contribution in [2.75, 3.05) is 18.0 Å². The summed E-state index contributed by atoms with van der Waals surface area (Å²) in [6.45, 7) is 1.21. The van der Waals surface area contributed by atoms with Gasteiger partial charge in [-0.15, -0.1) is 0 Å². The molecule has 1 aromatic carbocycles. The Labute approximate surface area is 93.7 Å². The molecule has 1 fully saturated rings. The molecule has 0 unspecified atom stereocenters. The number of benzene rings is 1. The highest BCUT2D eigenvalue weighted by Crippen LogP contribution is 2.23. The van der Waals surface area contributed by atoms with Crippen molar-refractivity contribution in [3.63, 3.8) is 0 Å². The summed E-state index contributed by atoms with van der Waals surface area (Å²) in [5, 5.41) is 18.2. The lowest BCUT2D eigenvalue weighted by molar-refractivity contribution is 0.154. The number of aliphatic hydroxyl groups excluding tert-OH is 1. The number of rotatable bonds is 1. The lowest BCUT2D eigenvalue weighted by Gasteiger charge is -2.32. The summed E-state index contributed by atoms with van der Waals surface area (Å²) in [7, 11) is 0. The van der Waals surface area contributed by atoms with Gasteiger partial charge in [-0.3, -0.25) is 0 Å². The Morgan fingerprint density at radius 3 is 2.94 bits per heavy atom. The molecule has 0 radical (unpaired) electrons. The fourth-order valence-corrected chi connectivity index (χ4v) is 2.01. The number of nitrogens with zero attached hydrogens (tertiary/aromatic N) is 2. The summed E-state index contributed by atoms with van der Waals surface area (Å²) in [6, 6.07) is 6.33. The molecule has 1 atom stereocenters. The first-order valence-electron chi connectivity index (χ1n) is 5.33. The fourth-order valence-electron chi connectivity index (χ4n) is 2.01. The Bertz CT molecular complexity index is 428. The first-order valence-corrected chi connectivity index (χ1v) is 5.33. The van der Waals surface area contributed by atoms with Gasteiger partial charge in [0, 0.05) is 13.1 Å². The van der Waals surface area contributed by atoms with Gasteiger partial charge in [0.05, 0.1) is 23.4 Å². The van der Waals surface area contributed by atoms with E-state index in [1.54, 1.807) is 12.1 Å². The third kappa shape index (κ3) is 2.15. The van der Waals surface area contributed by atoms with Crippen LogP contribution >= 0.6 is 0 Å². The van der Waals surface area contributed by atoms with Gasteiger partial charge >= 0.3 is 0 Å². The quantitative estimate of drug-likeness (QED) is 0.783. The fraction of sp³-hybridized carbons (Fsp3) is 0.417. The molecule has 1 aliphatic heterocycles. The van der Waals surface area contributed by atoms with Crippen LogP contribution in [-0.2, 0) is 0 Å². The van der Waals surface area contributed by atoms with Crippen LogP contribution < -0.4 is 4.90 Å². The van der Waals surface area contributed by atoms with E-state index < -0.39 is 5.82 Å². The molecule has 0 spiro atoms. The van der Waals surface area contributed by atoms with Gasteiger partial charge in [-0.2, -0.15) is 5.26 Å². The molecule has 0 amide bonds. The highest BCUT2D eigenvalue weighted by Gasteiger charge is 2.20. The largest absolute Gasteiger partial charge is 0.391 e. The topological polar surface area (TPSA) is 47.3 Å². The minimum Gasteiger partial charge on any atom is -0.391 e. The average molecular weight is 220 g/mol. The molecule has 0 aromatic heterocycles.